The van der Waals surface area contributed by atoms with E-state index in [1.807, 2.05) is 0 Å². The summed E-state index contributed by atoms with van der Waals surface area (Å²) in [6.45, 7) is 0. The molecule has 0 aliphatic heterocycles. The smallest absolute Gasteiger partial charge is 0.258 e. The Morgan fingerprint density at radius 1 is 1.47 bits per heavy atom. The van der Waals surface area contributed by atoms with Crippen LogP contribution in [0.4, 0.5) is 18.9 Å². The lowest BCUT2D eigenvalue weighted by Crippen LogP contribution is -2.08. The largest absolute Gasteiger partial charge is 0.416 e. The molecular formula is C9H4ClF3N2O2. The van der Waals surface area contributed by atoms with Gasteiger partial charge in [-0.1, -0.05) is 0 Å². The van der Waals surface area contributed by atoms with Crippen molar-refractivity contribution in [2.24, 2.45) is 0 Å². The van der Waals surface area contributed by atoms with Crippen molar-refractivity contribution in [3.8, 4) is 6.07 Å². The topological polar surface area (TPSA) is 66.9 Å². The lowest BCUT2D eigenvalue weighted by Gasteiger charge is -2.09. The molecule has 0 aliphatic carbocycles. The Morgan fingerprint density at radius 2 is 2.06 bits per heavy atom. The number of benzene rings is 1. The molecule has 0 unspecified atom stereocenters. The molecular weight excluding hydrogens is 261 g/mol. The molecule has 90 valence electrons. The highest BCUT2D eigenvalue weighted by Crippen LogP contribution is 2.35. The monoisotopic (exact) mass is 264 g/mol. The third-order valence-electron chi connectivity index (χ3n) is 2.00. The molecule has 1 rings (SSSR count). The van der Waals surface area contributed by atoms with E-state index in [4.69, 9.17) is 16.9 Å². The normalized spacial score (nSPS) is 11.0. The van der Waals surface area contributed by atoms with Crippen LogP contribution in [0.2, 0.25) is 0 Å². The van der Waals surface area contributed by atoms with E-state index in [0.29, 0.717) is 12.1 Å². The van der Waals surface area contributed by atoms with Gasteiger partial charge in [0.2, 0.25) is 0 Å². The Kier molecular flexibility index (Phi) is 3.58. The van der Waals surface area contributed by atoms with Crippen LogP contribution in [-0.4, -0.2) is 4.92 Å². The van der Waals surface area contributed by atoms with Crippen molar-refractivity contribution in [1.82, 2.24) is 0 Å². The van der Waals surface area contributed by atoms with E-state index in [1.165, 1.54) is 6.07 Å². The summed E-state index contributed by atoms with van der Waals surface area (Å²) in [5, 5.41) is 19.2. The molecule has 4 nitrogen and oxygen atoms in total. The maximum Gasteiger partial charge on any atom is 0.416 e. The summed E-state index contributed by atoms with van der Waals surface area (Å²) < 4.78 is 37.3. The minimum Gasteiger partial charge on any atom is -0.258 e. The van der Waals surface area contributed by atoms with Gasteiger partial charge in [-0.3, -0.25) is 10.1 Å². The minimum absolute atomic E-state index is 0.216. The second kappa shape index (κ2) is 4.59. The van der Waals surface area contributed by atoms with Gasteiger partial charge in [0, 0.05) is 6.07 Å². The van der Waals surface area contributed by atoms with Gasteiger partial charge in [-0.05, 0) is 6.07 Å². The van der Waals surface area contributed by atoms with Crippen LogP contribution in [0, 0.1) is 21.4 Å². The Morgan fingerprint density at radius 3 is 2.41 bits per heavy atom. The standard InChI is InChI=1S/C9H4ClF3N2O2/c10-3-7-5(4-14)1-6(9(11,12)13)2-8(7)15(16)17/h1-2H,3H2. The Hall–Kier alpha value is -1.81. The van der Waals surface area contributed by atoms with Gasteiger partial charge in [-0.25, -0.2) is 0 Å². The molecule has 1 aromatic rings. The predicted octanol–water partition coefficient (Wildman–Crippen LogP) is 3.22. The molecule has 0 amide bonds. The molecule has 0 heterocycles. The van der Waals surface area contributed by atoms with Gasteiger partial charge in [-0.15, -0.1) is 11.6 Å². The number of nitrogens with zero attached hydrogens (tertiary/aromatic N) is 2. The van der Waals surface area contributed by atoms with Gasteiger partial charge in [0.1, 0.15) is 0 Å². The molecule has 0 atom stereocenters. The second-order valence-corrected chi connectivity index (χ2v) is 3.29. The molecule has 0 spiro atoms. The maximum atomic E-state index is 12.4. The number of hydrogen-bond donors (Lipinski definition) is 0. The molecule has 0 N–H and O–H groups in total. The van der Waals surface area contributed by atoms with Gasteiger partial charge in [0.05, 0.1) is 33.6 Å². The summed E-state index contributed by atoms with van der Waals surface area (Å²) in [6, 6.07) is 2.39. The number of nitriles is 1. The summed E-state index contributed by atoms with van der Waals surface area (Å²) >= 11 is 5.39. The van der Waals surface area contributed by atoms with E-state index in [-0.39, 0.29) is 5.56 Å². The first-order valence-electron chi connectivity index (χ1n) is 4.15. The van der Waals surface area contributed by atoms with E-state index < -0.39 is 33.8 Å². The summed E-state index contributed by atoms with van der Waals surface area (Å²) in [4.78, 5) is 9.61. The van der Waals surface area contributed by atoms with Crippen molar-refractivity contribution >= 4 is 17.3 Å². The number of rotatable bonds is 2. The van der Waals surface area contributed by atoms with E-state index >= 15 is 0 Å². The van der Waals surface area contributed by atoms with Crippen LogP contribution >= 0.6 is 11.6 Å². The zero-order valence-corrected chi connectivity index (χ0v) is 8.84. The quantitative estimate of drug-likeness (QED) is 0.468. The van der Waals surface area contributed by atoms with Crippen LogP contribution in [0.3, 0.4) is 0 Å². The van der Waals surface area contributed by atoms with E-state index in [9.17, 15) is 23.3 Å². The molecule has 0 fully saturated rings. The van der Waals surface area contributed by atoms with Crippen LogP contribution < -0.4 is 0 Å². The van der Waals surface area contributed by atoms with E-state index in [2.05, 4.69) is 0 Å². The fraction of sp³-hybridized carbons (Fsp3) is 0.222. The van der Waals surface area contributed by atoms with Crippen molar-refractivity contribution in [2.75, 3.05) is 0 Å². The summed E-state index contributed by atoms with van der Waals surface area (Å²) in [7, 11) is 0. The van der Waals surface area contributed by atoms with Crippen molar-refractivity contribution in [3.05, 3.63) is 38.9 Å². The van der Waals surface area contributed by atoms with Gasteiger partial charge in [0.25, 0.3) is 5.69 Å². The first-order chi connectivity index (χ1) is 7.81. The SMILES string of the molecule is N#Cc1cc(C(F)(F)F)cc([N+](=O)[O-])c1CCl. The van der Waals surface area contributed by atoms with E-state index in [0.717, 1.165) is 0 Å². The van der Waals surface area contributed by atoms with Crippen LogP contribution in [0.5, 0.6) is 0 Å². The zero-order chi connectivity index (χ0) is 13.2. The Bertz CT molecular complexity index is 508. The summed E-state index contributed by atoms with van der Waals surface area (Å²) in [6.07, 6.45) is -4.75. The van der Waals surface area contributed by atoms with Crippen molar-refractivity contribution in [1.29, 1.82) is 5.26 Å². The highest BCUT2D eigenvalue weighted by molar-refractivity contribution is 6.17. The molecule has 8 heteroatoms. The number of hydrogen-bond acceptors (Lipinski definition) is 3. The average Bonchev–Trinajstić information content (AvgIpc) is 2.25. The Labute approximate surface area is 98.4 Å². The van der Waals surface area contributed by atoms with Gasteiger partial charge < -0.3 is 0 Å². The second-order valence-electron chi connectivity index (χ2n) is 3.02. The van der Waals surface area contributed by atoms with Crippen LogP contribution in [0.25, 0.3) is 0 Å². The van der Waals surface area contributed by atoms with Crippen LogP contribution in [-0.2, 0) is 12.1 Å². The van der Waals surface area contributed by atoms with Gasteiger partial charge >= 0.3 is 6.18 Å². The fourth-order valence-corrected chi connectivity index (χ4v) is 1.50. The first kappa shape index (κ1) is 13.3. The molecule has 0 saturated heterocycles. The lowest BCUT2D eigenvalue weighted by molar-refractivity contribution is -0.385. The number of alkyl halides is 4. The molecule has 0 aromatic heterocycles. The van der Waals surface area contributed by atoms with Crippen LogP contribution in [0.15, 0.2) is 12.1 Å². The molecule has 0 bridgehead atoms. The van der Waals surface area contributed by atoms with Gasteiger partial charge in [0.15, 0.2) is 0 Å². The molecule has 1 aromatic carbocycles. The highest BCUT2D eigenvalue weighted by Gasteiger charge is 2.34. The minimum atomic E-state index is -4.75. The summed E-state index contributed by atoms with van der Waals surface area (Å²) in [5.41, 5.74) is -2.70. The molecule has 17 heavy (non-hydrogen) atoms. The lowest BCUT2D eigenvalue weighted by atomic mass is 10.0. The van der Waals surface area contributed by atoms with Gasteiger partial charge in [-0.2, -0.15) is 18.4 Å². The fourth-order valence-electron chi connectivity index (χ4n) is 1.22. The molecule has 0 saturated carbocycles. The Balaban J connectivity index is 3.59. The number of nitro groups is 1. The van der Waals surface area contributed by atoms with Crippen LogP contribution in [0.1, 0.15) is 16.7 Å². The number of halogens is 4. The zero-order valence-electron chi connectivity index (χ0n) is 8.08. The van der Waals surface area contributed by atoms with Crippen molar-refractivity contribution in [3.63, 3.8) is 0 Å². The average molecular weight is 265 g/mol. The highest BCUT2D eigenvalue weighted by atomic mass is 35.5. The van der Waals surface area contributed by atoms with Crippen molar-refractivity contribution in [2.45, 2.75) is 12.1 Å². The maximum absolute atomic E-state index is 12.4. The number of nitro benzene ring substituents is 1. The predicted molar refractivity (Wildman–Crippen MR) is 52.4 cm³/mol. The first-order valence-corrected chi connectivity index (χ1v) is 4.69. The van der Waals surface area contributed by atoms with Crippen molar-refractivity contribution < 1.29 is 18.1 Å². The van der Waals surface area contributed by atoms with E-state index in [1.54, 1.807) is 0 Å². The third-order valence-corrected chi connectivity index (χ3v) is 2.27. The molecule has 0 radical (unpaired) electrons. The summed E-state index contributed by atoms with van der Waals surface area (Å²) in [5.74, 6) is -0.405. The third kappa shape index (κ3) is 2.65. The molecule has 0 aliphatic rings.